The number of piperidine rings is 1. The minimum absolute atomic E-state index is 0.0829. The van der Waals surface area contributed by atoms with Crippen molar-refractivity contribution >= 4 is 17.6 Å². The largest absolute Gasteiger partial charge is 0.330 e. The first kappa shape index (κ1) is 13.4. The maximum atomic E-state index is 12.2. The Bertz CT molecular complexity index is 410. The number of halogens is 1. The molecule has 0 unspecified atom stereocenters. The molecule has 1 aromatic heterocycles. The Labute approximate surface area is 112 Å². The lowest BCUT2D eigenvalue weighted by molar-refractivity contribution is 0.176. The molecule has 0 saturated carbocycles. The van der Waals surface area contributed by atoms with E-state index in [4.69, 9.17) is 11.6 Å². The summed E-state index contributed by atoms with van der Waals surface area (Å²) in [5.74, 6) is 0. The molecular weight excluding hydrogens is 252 g/mol. The van der Waals surface area contributed by atoms with Crippen LogP contribution >= 0.6 is 11.6 Å². The van der Waals surface area contributed by atoms with Crippen molar-refractivity contribution < 1.29 is 4.79 Å². The molecule has 1 amide bonds. The third kappa shape index (κ3) is 3.03. The number of amides is 1. The highest BCUT2D eigenvalue weighted by Crippen LogP contribution is 2.14. The first-order valence-electron chi connectivity index (χ1n) is 6.32. The second-order valence-electron chi connectivity index (χ2n) is 4.93. The Morgan fingerprint density at radius 3 is 2.67 bits per heavy atom. The van der Waals surface area contributed by atoms with E-state index in [1.54, 1.807) is 6.20 Å². The van der Waals surface area contributed by atoms with E-state index in [1.807, 2.05) is 4.90 Å². The highest BCUT2D eigenvalue weighted by atomic mass is 35.5. The SMILES string of the molecule is CC(C)NC1CCN(C(=O)n2ccnc2Cl)CC1. The predicted molar refractivity (Wildman–Crippen MR) is 70.9 cm³/mol. The number of imidazole rings is 1. The highest BCUT2D eigenvalue weighted by Gasteiger charge is 2.24. The van der Waals surface area contributed by atoms with Crippen LogP contribution in [0, 0.1) is 0 Å². The monoisotopic (exact) mass is 270 g/mol. The Balaban J connectivity index is 1.90. The van der Waals surface area contributed by atoms with E-state index in [0.717, 1.165) is 25.9 Å². The number of aromatic nitrogens is 2. The van der Waals surface area contributed by atoms with Gasteiger partial charge in [0.1, 0.15) is 0 Å². The van der Waals surface area contributed by atoms with Crippen molar-refractivity contribution in [3.05, 3.63) is 17.7 Å². The van der Waals surface area contributed by atoms with Crippen LogP contribution in [0.2, 0.25) is 5.28 Å². The molecule has 0 aromatic carbocycles. The summed E-state index contributed by atoms with van der Waals surface area (Å²) in [4.78, 5) is 17.8. The Hall–Kier alpha value is -1.07. The number of rotatable bonds is 2. The van der Waals surface area contributed by atoms with Gasteiger partial charge in [-0.25, -0.2) is 14.3 Å². The van der Waals surface area contributed by atoms with Crippen LogP contribution in [-0.4, -0.2) is 45.7 Å². The quantitative estimate of drug-likeness (QED) is 0.894. The molecule has 0 atom stereocenters. The molecule has 2 rings (SSSR count). The van der Waals surface area contributed by atoms with Gasteiger partial charge in [-0.1, -0.05) is 13.8 Å². The van der Waals surface area contributed by atoms with E-state index in [2.05, 4.69) is 24.1 Å². The molecule has 0 radical (unpaired) electrons. The topological polar surface area (TPSA) is 50.2 Å². The number of carbonyl (C=O) groups excluding carboxylic acids is 1. The summed E-state index contributed by atoms with van der Waals surface area (Å²) in [5, 5.41) is 3.73. The number of hydrogen-bond donors (Lipinski definition) is 1. The van der Waals surface area contributed by atoms with Gasteiger partial charge in [-0.05, 0) is 24.4 Å². The predicted octanol–water partition coefficient (Wildman–Crippen LogP) is 1.97. The highest BCUT2D eigenvalue weighted by molar-refractivity contribution is 6.29. The molecule has 6 heteroatoms. The maximum Gasteiger partial charge on any atom is 0.330 e. The van der Waals surface area contributed by atoms with Gasteiger partial charge in [0.2, 0.25) is 5.28 Å². The van der Waals surface area contributed by atoms with Crippen LogP contribution in [0.25, 0.3) is 0 Å². The first-order valence-corrected chi connectivity index (χ1v) is 6.70. The van der Waals surface area contributed by atoms with Gasteiger partial charge in [-0.15, -0.1) is 0 Å². The van der Waals surface area contributed by atoms with Crippen molar-refractivity contribution in [3.8, 4) is 0 Å². The fraction of sp³-hybridized carbons (Fsp3) is 0.667. The molecule has 1 aromatic rings. The van der Waals surface area contributed by atoms with Gasteiger partial charge in [-0.3, -0.25) is 0 Å². The second-order valence-corrected chi connectivity index (χ2v) is 5.27. The third-order valence-electron chi connectivity index (χ3n) is 3.14. The zero-order chi connectivity index (χ0) is 13.1. The van der Waals surface area contributed by atoms with Crippen molar-refractivity contribution in [2.75, 3.05) is 13.1 Å². The lowest BCUT2D eigenvalue weighted by atomic mass is 10.0. The van der Waals surface area contributed by atoms with Crippen LogP contribution in [-0.2, 0) is 0 Å². The second kappa shape index (κ2) is 5.71. The van der Waals surface area contributed by atoms with Gasteiger partial charge < -0.3 is 10.2 Å². The van der Waals surface area contributed by atoms with Gasteiger partial charge >= 0.3 is 6.03 Å². The molecule has 2 heterocycles. The van der Waals surface area contributed by atoms with Gasteiger partial charge in [0, 0.05) is 37.6 Å². The van der Waals surface area contributed by atoms with E-state index in [0.29, 0.717) is 12.1 Å². The van der Waals surface area contributed by atoms with E-state index in [1.165, 1.54) is 10.8 Å². The molecule has 1 aliphatic rings. The van der Waals surface area contributed by atoms with Crippen molar-refractivity contribution in [2.45, 2.75) is 38.8 Å². The smallest absolute Gasteiger partial charge is 0.324 e. The summed E-state index contributed by atoms with van der Waals surface area (Å²) in [7, 11) is 0. The zero-order valence-electron chi connectivity index (χ0n) is 10.8. The zero-order valence-corrected chi connectivity index (χ0v) is 11.5. The summed E-state index contributed by atoms with van der Waals surface area (Å²) < 4.78 is 1.39. The van der Waals surface area contributed by atoms with E-state index < -0.39 is 0 Å². The van der Waals surface area contributed by atoms with Crippen LogP contribution < -0.4 is 5.32 Å². The molecule has 1 fully saturated rings. The molecule has 5 nitrogen and oxygen atoms in total. The van der Waals surface area contributed by atoms with Crippen molar-refractivity contribution in [1.29, 1.82) is 0 Å². The molecule has 0 aliphatic carbocycles. The van der Waals surface area contributed by atoms with Crippen molar-refractivity contribution in [1.82, 2.24) is 19.8 Å². The summed E-state index contributed by atoms with van der Waals surface area (Å²) in [6, 6.07) is 0.910. The van der Waals surface area contributed by atoms with Gasteiger partial charge in [0.05, 0.1) is 0 Å². The molecule has 0 spiro atoms. The summed E-state index contributed by atoms with van der Waals surface area (Å²) in [6.07, 6.45) is 5.10. The van der Waals surface area contributed by atoms with Crippen molar-refractivity contribution in [3.63, 3.8) is 0 Å². The average Bonchev–Trinajstić information content (AvgIpc) is 2.75. The van der Waals surface area contributed by atoms with Crippen LogP contribution in [0.1, 0.15) is 26.7 Å². The third-order valence-corrected chi connectivity index (χ3v) is 3.42. The Kier molecular flexibility index (Phi) is 4.24. The van der Waals surface area contributed by atoms with E-state index in [9.17, 15) is 4.79 Å². The molecule has 0 bridgehead atoms. The van der Waals surface area contributed by atoms with Crippen molar-refractivity contribution in [2.24, 2.45) is 0 Å². The normalized spacial score (nSPS) is 17.4. The molecule has 18 heavy (non-hydrogen) atoms. The summed E-state index contributed by atoms with van der Waals surface area (Å²) >= 11 is 5.84. The van der Waals surface area contributed by atoms with Gasteiger partial charge in [0.15, 0.2) is 0 Å². The molecule has 1 N–H and O–H groups in total. The lowest BCUT2D eigenvalue weighted by Crippen LogP contribution is -2.47. The van der Waals surface area contributed by atoms with Crippen LogP contribution in [0.5, 0.6) is 0 Å². The summed E-state index contributed by atoms with van der Waals surface area (Å²) in [6.45, 7) is 5.81. The first-order chi connectivity index (χ1) is 8.58. The maximum absolute atomic E-state index is 12.2. The standard InChI is InChI=1S/C12H19ClN4O/c1-9(2)15-10-3-6-16(7-4-10)12(18)17-8-5-14-11(17)13/h5,8-10,15H,3-4,6-7H2,1-2H3. The van der Waals surface area contributed by atoms with Crippen LogP contribution in [0.15, 0.2) is 12.4 Å². The fourth-order valence-corrected chi connectivity index (χ4v) is 2.47. The Morgan fingerprint density at radius 2 is 2.17 bits per heavy atom. The number of hydrogen-bond acceptors (Lipinski definition) is 3. The minimum Gasteiger partial charge on any atom is -0.324 e. The van der Waals surface area contributed by atoms with E-state index in [-0.39, 0.29) is 11.3 Å². The Morgan fingerprint density at radius 1 is 1.50 bits per heavy atom. The lowest BCUT2D eigenvalue weighted by Gasteiger charge is -2.33. The molecule has 1 saturated heterocycles. The fourth-order valence-electron chi connectivity index (χ4n) is 2.29. The van der Waals surface area contributed by atoms with E-state index >= 15 is 0 Å². The number of nitrogens with one attached hydrogen (secondary N) is 1. The van der Waals surface area contributed by atoms with Gasteiger partial charge in [0.25, 0.3) is 0 Å². The molecule has 1 aliphatic heterocycles. The average molecular weight is 271 g/mol. The number of likely N-dealkylation sites (tertiary alicyclic amines) is 1. The van der Waals surface area contributed by atoms with Crippen LogP contribution in [0.4, 0.5) is 4.79 Å². The molecular formula is C12H19ClN4O. The molecule has 100 valence electrons. The minimum atomic E-state index is -0.0829. The van der Waals surface area contributed by atoms with Gasteiger partial charge in [-0.2, -0.15) is 0 Å². The number of carbonyl (C=O) groups is 1. The number of nitrogens with zero attached hydrogens (tertiary/aromatic N) is 3. The van der Waals surface area contributed by atoms with Crippen LogP contribution in [0.3, 0.4) is 0 Å². The summed E-state index contributed by atoms with van der Waals surface area (Å²) in [5.41, 5.74) is 0.